The maximum Gasteiger partial charge on any atom is 0.319 e. The molecule has 184 valence electrons. The summed E-state index contributed by atoms with van der Waals surface area (Å²) in [6, 6.07) is 10.3. The summed E-state index contributed by atoms with van der Waals surface area (Å²) >= 11 is 6.59. The monoisotopic (exact) mass is 504 g/mol. The van der Waals surface area contributed by atoms with Crippen molar-refractivity contribution in [2.75, 3.05) is 11.9 Å². The van der Waals surface area contributed by atoms with Crippen molar-refractivity contribution in [3.05, 3.63) is 76.7 Å². The lowest BCUT2D eigenvalue weighted by molar-refractivity contribution is 0.251. The molecule has 1 aliphatic heterocycles. The maximum atomic E-state index is 15.1. The zero-order chi connectivity index (χ0) is 25.0. The summed E-state index contributed by atoms with van der Waals surface area (Å²) in [5.74, 6) is 0.118. The smallest absolute Gasteiger partial charge is 0.319 e. The Bertz CT molecular complexity index is 1490. The highest BCUT2D eigenvalue weighted by Gasteiger charge is 2.28. The van der Waals surface area contributed by atoms with Crippen LogP contribution in [0.4, 0.5) is 14.9 Å². The molecule has 3 heterocycles. The number of anilines is 1. The molecular formula is C27H26ClFN6O. The fourth-order valence-electron chi connectivity index (χ4n) is 5.14. The van der Waals surface area contributed by atoms with Crippen molar-refractivity contribution in [2.24, 2.45) is 5.92 Å². The number of amides is 2. The molecule has 0 saturated heterocycles. The highest BCUT2D eigenvalue weighted by molar-refractivity contribution is 6.33. The summed E-state index contributed by atoms with van der Waals surface area (Å²) in [4.78, 5) is 16.9. The van der Waals surface area contributed by atoms with Gasteiger partial charge in [0.1, 0.15) is 5.82 Å². The van der Waals surface area contributed by atoms with Gasteiger partial charge in [-0.1, -0.05) is 35.9 Å². The summed E-state index contributed by atoms with van der Waals surface area (Å²) in [5, 5.41) is 10.5. The van der Waals surface area contributed by atoms with Gasteiger partial charge in [-0.25, -0.2) is 14.2 Å². The van der Waals surface area contributed by atoms with Crippen LogP contribution in [0.25, 0.3) is 22.4 Å². The standard InChI is InChI=1S/C27H26ClFN6O/c1-15-26(16(2)35(33-15)13-17-7-8-17)20-9-22(29)23(10-21(20)28)32-27(36)31-12-25-19-6-4-3-5-18(19)24-11-30-14-34(24)25/h3-6,9-11,14,17,25H,7-8,12-13H2,1-2H3,(H2,31,32,36). The molecule has 2 amide bonds. The number of hydrogen-bond acceptors (Lipinski definition) is 3. The molecule has 0 radical (unpaired) electrons. The van der Waals surface area contributed by atoms with Gasteiger partial charge >= 0.3 is 6.03 Å². The van der Waals surface area contributed by atoms with Gasteiger partial charge in [0.25, 0.3) is 0 Å². The number of nitrogens with one attached hydrogen (secondary N) is 2. The molecule has 0 spiro atoms. The van der Waals surface area contributed by atoms with Gasteiger partial charge in [0.05, 0.1) is 40.7 Å². The number of hydrogen-bond donors (Lipinski definition) is 2. The van der Waals surface area contributed by atoms with Gasteiger partial charge in [0, 0.05) is 35.5 Å². The van der Waals surface area contributed by atoms with Gasteiger partial charge in [0.2, 0.25) is 0 Å². The molecule has 2 aliphatic rings. The lowest BCUT2D eigenvalue weighted by Gasteiger charge is -2.17. The van der Waals surface area contributed by atoms with Gasteiger partial charge in [-0.3, -0.25) is 4.68 Å². The third kappa shape index (κ3) is 3.95. The molecule has 1 fully saturated rings. The number of halogens is 2. The molecule has 6 rings (SSSR count). The lowest BCUT2D eigenvalue weighted by Crippen LogP contribution is -2.33. The molecular weight excluding hydrogens is 479 g/mol. The van der Waals surface area contributed by atoms with Crippen LogP contribution in [-0.2, 0) is 6.54 Å². The molecule has 1 unspecified atom stereocenters. The van der Waals surface area contributed by atoms with Crippen LogP contribution in [0.15, 0.2) is 48.9 Å². The van der Waals surface area contributed by atoms with E-state index in [-0.39, 0.29) is 11.7 Å². The topological polar surface area (TPSA) is 76.8 Å². The number of aryl methyl sites for hydroxylation is 1. The number of carbonyl (C=O) groups is 1. The zero-order valence-electron chi connectivity index (χ0n) is 20.1. The Balaban J connectivity index is 1.18. The maximum absolute atomic E-state index is 15.1. The van der Waals surface area contributed by atoms with Crippen LogP contribution in [0.3, 0.4) is 0 Å². The second-order valence-electron chi connectivity index (χ2n) is 9.61. The van der Waals surface area contributed by atoms with Crippen molar-refractivity contribution in [1.29, 1.82) is 0 Å². The summed E-state index contributed by atoms with van der Waals surface area (Å²) in [5.41, 5.74) is 6.44. The van der Waals surface area contributed by atoms with Crippen molar-refractivity contribution in [1.82, 2.24) is 24.6 Å². The van der Waals surface area contributed by atoms with Crippen LogP contribution >= 0.6 is 11.6 Å². The molecule has 1 atom stereocenters. The second-order valence-corrected chi connectivity index (χ2v) is 10.0. The van der Waals surface area contributed by atoms with E-state index in [4.69, 9.17) is 11.6 Å². The molecule has 9 heteroatoms. The summed E-state index contributed by atoms with van der Waals surface area (Å²) < 4.78 is 19.1. The molecule has 0 bridgehead atoms. The third-order valence-electron chi connectivity index (χ3n) is 7.14. The number of nitrogens with zero attached hydrogens (tertiary/aromatic N) is 4. The van der Waals surface area contributed by atoms with Gasteiger partial charge in [-0.05, 0) is 50.3 Å². The SMILES string of the molecule is Cc1nn(CC2CC2)c(C)c1-c1cc(F)c(NC(=O)NCC2c3ccccc3-c3cncn32)cc1Cl. The first kappa shape index (κ1) is 22.8. The van der Waals surface area contributed by atoms with E-state index in [2.05, 4.69) is 20.7 Å². The predicted molar refractivity (Wildman–Crippen MR) is 138 cm³/mol. The van der Waals surface area contributed by atoms with Crippen LogP contribution in [0, 0.1) is 25.6 Å². The number of aromatic nitrogens is 4. The van der Waals surface area contributed by atoms with Crippen LogP contribution in [-0.4, -0.2) is 31.9 Å². The highest BCUT2D eigenvalue weighted by Crippen LogP contribution is 2.39. The number of imidazole rings is 1. The van der Waals surface area contributed by atoms with E-state index >= 15 is 4.39 Å². The highest BCUT2D eigenvalue weighted by atomic mass is 35.5. The number of rotatable bonds is 6. The first-order chi connectivity index (χ1) is 17.4. The summed E-state index contributed by atoms with van der Waals surface area (Å²) in [6.45, 7) is 5.10. The van der Waals surface area contributed by atoms with Crippen molar-refractivity contribution >= 4 is 23.3 Å². The quantitative estimate of drug-likeness (QED) is 0.340. The Morgan fingerprint density at radius 2 is 2.00 bits per heavy atom. The molecule has 2 aromatic heterocycles. The van der Waals surface area contributed by atoms with E-state index in [0.717, 1.165) is 40.3 Å². The third-order valence-corrected chi connectivity index (χ3v) is 7.45. The minimum Gasteiger partial charge on any atom is -0.335 e. The second kappa shape index (κ2) is 8.78. The summed E-state index contributed by atoms with van der Waals surface area (Å²) in [7, 11) is 0. The fraction of sp³-hybridized carbons (Fsp3) is 0.296. The molecule has 2 N–H and O–H groups in total. The van der Waals surface area contributed by atoms with Crippen molar-refractivity contribution < 1.29 is 9.18 Å². The molecule has 1 saturated carbocycles. The van der Waals surface area contributed by atoms with Gasteiger partial charge in [0.15, 0.2) is 0 Å². The van der Waals surface area contributed by atoms with E-state index < -0.39 is 11.8 Å². The number of urea groups is 1. The molecule has 4 aromatic rings. The fourth-order valence-corrected chi connectivity index (χ4v) is 5.40. The molecule has 7 nitrogen and oxygen atoms in total. The Labute approximate surface area is 213 Å². The number of benzene rings is 2. The van der Waals surface area contributed by atoms with E-state index in [1.807, 2.05) is 53.6 Å². The number of carbonyl (C=O) groups excluding carboxylic acids is 1. The molecule has 1 aliphatic carbocycles. The van der Waals surface area contributed by atoms with Crippen LogP contribution < -0.4 is 10.6 Å². The largest absolute Gasteiger partial charge is 0.335 e. The predicted octanol–water partition coefficient (Wildman–Crippen LogP) is 5.96. The van der Waals surface area contributed by atoms with Crippen molar-refractivity contribution in [3.63, 3.8) is 0 Å². The first-order valence-corrected chi connectivity index (χ1v) is 12.5. The number of fused-ring (bicyclic) bond motifs is 3. The average Bonchev–Trinajstić information content (AvgIpc) is 3.34. The van der Waals surface area contributed by atoms with Crippen LogP contribution in [0.2, 0.25) is 5.02 Å². The lowest BCUT2D eigenvalue weighted by atomic mass is 10.0. The Morgan fingerprint density at radius 3 is 2.81 bits per heavy atom. The Kier molecular flexibility index (Phi) is 5.56. The van der Waals surface area contributed by atoms with Crippen LogP contribution in [0.1, 0.15) is 35.8 Å². The van der Waals surface area contributed by atoms with E-state index in [1.54, 1.807) is 6.33 Å². The van der Waals surface area contributed by atoms with Crippen molar-refractivity contribution in [2.45, 2.75) is 39.3 Å². The van der Waals surface area contributed by atoms with Gasteiger partial charge in [-0.2, -0.15) is 5.10 Å². The zero-order valence-corrected chi connectivity index (χ0v) is 20.8. The average molecular weight is 505 g/mol. The first-order valence-electron chi connectivity index (χ1n) is 12.1. The normalized spacial score (nSPS) is 16.1. The summed E-state index contributed by atoms with van der Waals surface area (Å²) in [6.07, 6.45) is 6.02. The minimum absolute atomic E-state index is 0.0251. The van der Waals surface area contributed by atoms with Gasteiger partial charge < -0.3 is 15.2 Å². The van der Waals surface area contributed by atoms with E-state index in [0.29, 0.717) is 23.0 Å². The Hall–Kier alpha value is -3.65. The van der Waals surface area contributed by atoms with Gasteiger partial charge in [-0.15, -0.1) is 0 Å². The molecule has 36 heavy (non-hydrogen) atoms. The Morgan fingerprint density at radius 1 is 1.19 bits per heavy atom. The molecule has 2 aromatic carbocycles. The van der Waals surface area contributed by atoms with Crippen LogP contribution in [0.5, 0.6) is 0 Å². The van der Waals surface area contributed by atoms with Crippen molar-refractivity contribution in [3.8, 4) is 22.4 Å². The van der Waals surface area contributed by atoms with E-state index in [1.165, 1.54) is 25.0 Å². The minimum atomic E-state index is -0.554. The van der Waals surface area contributed by atoms with E-state index in [9.17, 15) is 4.79 Å².